The quantitative estimate of drug-likeness (QED) is 0.887. The number of rotatable bonds is 4. The highest BCUT2D eigenvalue weighted by Gasteiger charge is 2.08. The van der Waals surface area contributed by atoms with Crippen LogP contribution in [0.2, 0.25) is 0 Å². The summed E-state index contributed by atoms with van der Waals surface area (Å²) in [6.07, 6.45) is 3.55. The number of hydrogen-bond acceptors (Lipinski definition) is 3. The Kier molecular flexibility index (Phi) is 5.03. The highest BCUT2D eigenvalue weighted by atomic mass is 79.9. The maximum atomic E-state index is 12.1. The van der Waals surface area contributed by atoms with Gasteiger partial charge in [-0.25, -0.2) is 0 Å². The molecule has 1 aromatic carbocycles. The fourth-order valence-electron chi connectivity index (χ4n) is 1.66. The van der Waals surface area contributed by atoms with Gasteiger partial charge in [0.05, 0.1) is 0 Å². The number of amides is 1. The zero-order chi connectivity index (χ0) is 14.5. The van der Waals surface area contributed by atoms with Gasteiger partial charge in [0.2, 0.25) is 0 Å². The van der Waals surface area contributed by atoms with E-state index in [0.717, 1.165) is 11.3 Å². The number of H-pyrrole nitrogens is 1. The van der Waals surface area contributed by atoms with Gasteiger partial charge in [0, 0.05) is 22.0 Å². The van der Waals surface area contributed by atoms with Gasteiger partial charge in [0.1, 0.15) is 5.69 Å². The van der Waals surface area contributed by atoms with Gasteiger partial charge >= 0.3 is 0 Å². The Bertz CT molecular complexity index is 668. The minimum absolute atomic E-state index is 0.220. The highest BCUT2D eigenvalue weighted by Crippen LogP contribution is 2.13. The van der Waals surface area contributed by atoms with E-state index < -0.39 is 0 Å². The molecule has 2 N–H and O–H groups in total. The van der Waals surface area contributed by atoms with Crippen molar-refractivity contribution in [2.75, 3.05) is 11.6 Å². The van der Waals surface area contributed by atoms with Crippen molar-refractivity contribution >= 4 is 39.3 Å². The summed E-state index contributed by atoms with van der Waals surface area (Å²) in [5.74, 6) is 0.608. The summed E-state index contributed by atoms with van der Waals surface area (Å²) in [6, 6.07) is 8.91. The highest BCUT2D eigenvalue weighted by molar-refractivity contribution is 9.10. The first-order chi connectivity index (χ1) is 9.60. The summed E-state index contributed by atoms with van der Waals surface area (Å²) < 4.78 is 0.697. The predicted molar refractivity (Wildman–Crippen MR) is 86.4 cm³/mol. The average molecular weight is 353 g/mol. The lowest BCUT2D eigenvalue weighted by atomic mass is 10.1. The fraction of sp³-hybridized carbons (Fsp3) is 0.143. The van der Waals surface area contributed by atoms with Crippen LogP contribution in [-0.2, 0) is 5.75 Å². The molecule has 0 aliphatic carbocycles. The van der Waals surface area contributed by atoms with E-state index in [9.17, 15) is 9.59 Å². The van der Waals surface area contributed by atoms with E-state index in [1.54, 1.807) is 30.0 Å². The van der Waals surface area contributed by atoms with Gasteiger partial charge in [-0.1, -0.05) is 12.1 Å². The SMILES string of the molecule is CSCc1ccc(C(=O)Nc2cc(Br)c[nH]c2=O)cc1. The van der Waals surface area contributed by atoms with Crippen molar-refractivity contribution in [2.24, 2.45) is 0 Å². The molecule has 0 spiro atoms. The molecule has 0 aliphatic rings. The smallest absolute Gasteiger partial charge is 0.271 e. The average Bonchev–Trinajstić information content (AvgIpc) is 2.44. The molecule has 2 rings (SSSR count). The Morgan fingerprint density at radius 1 is 1.35 bits per heavy atom. The second-order valence-corrected chi connectivity index (χ2v) is 5.93. The fourth-order valence-corrected chi connectivity index (χ4v) is 2.53. The number of aromatic nitrogens is 1. The maximum absolute atomic E-state index is 12.1. The van der Waals surface area contributed by atoms with Crippen LogP contribution in [0.3, 0.4) is 0 Å². The number of nitrogens with one attached hydrogen (secondary N) is 2. The number of pyridine rings is 1. The van der Waals surface area contributed by atoms with E-state index in [-0.39, 0.29) is 17.2 Å². The number of hydrogen-bond donors (Lipinski definition) is 2. The van der Waals surface area contributed by atoms with E-state index >= 15 is 0 Å². The lowest BCUT2D eigenvalue weighted by molar-refractivity contribution is 0.102. The van der Waals surface area contributed by atoms with Crippen LogP contribution in [0.25, 0.3) is 0 Å². The summed E-state index contributed by atoms with van der Waals surface area (Å²) in [5, 5.41) is 2.60. The number of anilines is 1. The van der Waals surface area contributed by atoms with E-state index in [0.29, 0.717) is 10.0 Å². The van der Waals surface area contributed by atoms with Crippen LogP contribution in [0.1, 0.15) is 15.9 Å². The third-order valence-corrected chi connectivity index (χ3v) is 3.72. The lowest BCUT2D eigenvalue weighted by Gasteiger charge is -2.05. The molecule has 0 aliphatic heterocycles. The second-order valence-electron chi connectivity index (χ2n) is 4.14. The molecular weight excluding hydrogens is 340 g/mol. The van der Waals surface area contributed by atoms with Crippen LogP contribution >= 0.6 is 27.7 Å². The van der Waals surface area contributed by atoms with Gasteiger partial charge < -0.3 is 10.3 Å². The molecule has 4 nitrogen and oxygen atoms in total. The van der Waals surface area contributed by atoms with Crippen molar-refractivity contribution in [1.29, 1.82) is 0 Å². The molecule has 0 radical (unpaired) electrons. The standard InChI is InChI=1S/C14H13BrN2O2S/c1-20-8-9-2-4-10(5-3-9)13(18)17-12-6-11(15)7-16-14(12)19/h2-7H,8H2,1H3,(H,16,19)(H,17,18). The predicted octanol–water partition coefficient (Wildman–Crippen LogP) is 3.25. The first kappa shape index (κ1) is 14.9. The van der Waals surface area contributed by atoms with Crippen molar-refractivity contribution in [2.45, 2.75) is 5.75 Å². The topological polar surface area (TPSA) is 62.0 Å². The Balaban J connectivity index is 2.15. The van der Waals surface area contributed by atoms with Gasteiger partial charge in [0.15, 0.2) is 0 Å². The molecule has 1 aromatic heterocycles. The van der Waals surface area contributed by atoms with E-state index in [1.165, 1.54) is 6.20 Å². The molecule has 0 unspecified atom stereocenters. The monoisotopic (exact) mass is 352 g/mol. The van der Waals surface area contributed by atoms with Crippen molar-refractivity contribution in [3.05, 3.63) is 62.5 Å². The van der Waals surface area contributed by atoms with E-state index in [4.69, 9.17) is 0 Å². The molecular formula is C14H13BrN2O2S. The summed E-state index contributed by atoms with van der Waals surface area (Å²) in [5.41, 5.74) is 1.57. The first-order valence-electron chi connectivity index (χ1n) is 5.87. The van der Waals surface area contributed by atoms with Crippen molar-refractivity contribution < 1.29 is 4.79 Å². The van der Waals surface area contributed by atoms with Gasteiger partial charge in [-0.15, -0.1) is 0 Å². The summed E-state index contributed by atoms with van der Waals surface area (Å²) in [7, 11) is 0. The zero-order valence-corrected chi connectivity index (χ0v) is 13.2. The van der Waals surface area contributed by atoms with Crippen molar-refractivity contribution in [1.82, 2.24) is 4.98 Å². The van der Waals surface area contributed by atoms with Crippen molar-refractivity contribution in [3.63, 3.8) is 0 Å². The number of carbonyl (C=O) groups excluding carboxylic acids is 1. The van der Waals surface area contributed by atoms with E-state index in [1.807, 2.05) is 18.4 Å². The maximum Gasteiger partial charge on any atom is 0.271 e. The minimum Gasteiger partial charge on any atom is -0.326 e. The van der Waals surface area contributed by atoms with E-state index in [2.05, 4.69) is 26.2 Å². The lowest BCUT2D eigenvalue weighted by Crippen LogP contribution is -2.19. The Hall–Kier alpha value is -1.53. The number of thioether (sulfide) groups is 1. The number of aromatic amines is 1. The third kappa shape index (κ3) is 3.74. The molecule has 0 bridgehead atoms. The van der Waals surface area contributed by atoms with Crippen LogP contribution in [0.15, 0.2) is 45.8 Å². The largest absolute Gasteiger partial charge is 0.326 e. The van der Waals surface area contributed by atoms with Crippen LogP contribution in [0.5, 0.6) is 0 Å². The van der Waals surface area contributed by atoms with Crippen LogP contribution in [-0.4, -0.2) is 17.1 Å². The summed E-state index contributed by atoms with van der Waals surface area (Å²) in [6.45, 7) is 0. The molecule has 104 valence electrons. The number of benzene rings is 1. The molecule has 0 saturated carbocycles. The van der Waals surface area contributed by atoms with Gasteiger partial charge in [-0.2, -0.15) is 11.8 Å². The normalized spacial score (nSPS) is 10.3. The van der Waals surface area contributed by atoms with Crippen LogP contribution in [0.4, 0.5) is 5.69 Å². The Labute approximate surface area is 129 Å². The summed E-state index contributed by atoms with van der Waals surface area (Å²) in [4.78, 5) is 26.2. The molecule has 2 aromatic rings. The molecule has 0 saturated heterocycles. The van der Waals surface area contributed by atoms with Gasteiger partial charge in [0.25, 0.3) is 11.5 Å². The second kappa shape index (κ2) is 6.76. The number of halogens is 1. The zero-order valence-electron chi connectivity index (χ0n) is 10.8. The van der Waals surface area contributed by atoms with Gasteiger partial charge in [-0.3, -0.25) is 9.59 Å². The Morgan fingerprint density at radius 2 is 2.05 bits per heavy atom. The van der Waals surface area contributed by atoms with Crippen molar-refractivity contribution in [3.8, 4) is 0 Å². The molecule has 0 atom stereocenters. The van der Waals surface area contributed by atoms with Crippen LogP contribution in [0, 0.1) is 0 Å². The first-order valence-corrected chi connectivity index (χ1v) is 8.06. The molecule has 20 heavy (non-hydrogen) atoms. The Morgan fingerprint density at radius 3 is 2.70 bits per heavy atom. The number of carbonyl (C=O) groups is 1. The molecule has 1 heterocycles. The molecule has 1 amide bonds. The molecule has 0 fully saturated rings. The molecule has 6 heteroatoms. The minimum atomic E-state index is -0.333. The summed E-state index contributed by atoms with van der Waals surface area (Å²) >= 11 is 4.97. The van der Waals surface area contributed by atoms with Gasteiger partial charge in [-0.05, 0) is 45.9 Å². The van der Waals surface area contributed by atoms with Crippen LogP contribution < -0.4 is 10.9 Å². The third-order valence-electron chi connectivity index (χ3n) is 2.64.